The highest BCUT2D eigenvalue weighted by molar-refractivity contribution is 7.80. The van der Waals surface area contributed by atoms with Gasteiger partial charge in [0.2, 0.25) is 0 Å². The maximum atomic E-state index is 11.9. The first-order valence-electron chi connectivity index (χ1n) is 4.94. The third-order valence-electron chi connectivity index (χ3n) is 2.06. The maximum Gasteiger partial charge on any atom is 0.253 e. The molecule has 17 heavy (non-hydrogen) atoms. The first kappa shape index (κ1) is 14.2. The van der Waals surface area contributed by atoms with Crippen molar-refractivity contribution in [3.63, 3.8) is 0 Å². The summed E-state index contributed by atoms with van der Waals surface area (Å²) in [6, 6.07) is 4.58. The van der Waals surface area contributed by atoms with E-state index in [0.29, 0.717) is 27.0 Å². The molecule has 0 aliphatic rings. The van der Waals surface area contributed by atoms with Crippen molar-refractivity contribution in [2.75, 3.05) is 0 Å². The van der Waals surface area contributed by atoms with E-state index in [2.05, 4.69) is 5.32 Å². The van der Waals surface area contributed by atoms with Crippen molar-refractivity contribution < 1.29 is 4.79 Å². The maximum absolute atomic E-state index is 11.9. The molecule has 0 fully saturated rings. The van der Waals surface area contributed by atoms with Crippen molar-refractivity contribution in [2.45, 2.75) is 19.4 Å². The van der Waals surface area contributed by atoms with E-state index in [1.165, 1.54) is 6.07 Å². The van der Waals surface area contributed by atoms with Gasteiger partial charge in [-0.25, -0.2) is 0 Å². The third-order valence-corrected chi connectivity index (χ3v) is 2.79. The Labute approximate surface area is 115 Å². The lowest BCUT2D eigenvalue weighted by Crippen LogP contribution is -2.35. The van der Waals surface area contributed by atoms with Crippen LogP contribution < -0.4 is 11.1 Å². The first-order chi connectivity index (χ1) is 7.90. The van der Waals surface area contributed by atoms with Crippen molar-refractivity contribution in [2.24, 2.45) is 5.73 Å². The Hall–Kier alpha value is -0.840. The minimum Gasteiger partial charge on any atom is -0.393 e. The Kier molecular flexibility index (Phi) is 5.18. The molecule has 0 aliphatic carbocycles. The average Bonchev–Trinajstić information content (AvgIpc) is 2.20. The van der Waals surface area contributed by atoms with Gasteiger partial charge in [-0.05, 0) is 25.1 Å². The highest BCUT2D eigenvalue weighted by atomic mass is 35.5. The van der Waals surface area contributed by atoms with Gasteiger partial charge in [0.25, 0.3) is 5.91 Å². The molecule has 0 saturated carbocycles. The van der Waals surface area contributed by atoms with Crippen LogP contribution in [-0.4, -0.2) is 16.9 Å². The van der Waals surface area contributed by atoms with E-state index in [1.807, 2.05) is 6.92 Å². The van der Waals surface area contributed by atoms with Crippen molar-refractivity contribution in [3.05, 3.63) is 33.8 Å². The molecule has 0 aliphatic heterocycles. The van der Waals surface area contributed by atoms with Gasteiger partial charge in [-0.2, -0.15) is 0 Å². The van der Waals surface area contributed by atoms with Gasteiger partial charge in [-0.1, -0.05) is 35.4 Å². The second kappa shape index (κ2) is 6.19. The molecule has 1 aromatic rings. The van der Waals surface area contributed by atoms with Crippen LogP contribution in [0.3, 0.4) is 0 Å². The number of hydrogen-bond donors (Lipinski definition) is 2. The summed E-state index contributed by atoms with van der Waals surface area (Å²) in [6.07, 6.45) is 0.444. The summed E-state index contributed by atoms with van der Waals surface area (Å²) in [5, 5.41) is 3.56. The number of thiocarbonyl (C=S) groups is 1. The number of carbonyl (C=O) groups excluding carboxylic acids is 1. The molecule has 0 aromatic heterocycles. The molecule has 0 spiro atoms. The molecule has 1 aromatic carbocycles. The second-order valence-electron chi connectivity index (χ2n) is 3.67. The summed E-state index contributed by atoms with van der Waals surface area (Å²) in [7, 11) is 0. The predicted molar refractivity (Wildman–Crippen MR) is 74.8 cm³/mol. The quantitative estimate of drug-likeness (QED) is 0.839. The zero-order valence-electron chi connectivity index (χ0n) is 9.17. The zero-order valence-corrected chi connectivity index (χ0v) is 11.5. The molecule has 92 valence electrons. The normalized spacial score (nSPS) is 11.9. The fourth-order valence-corrected chi connectivity index (χ4v) is 1.95. The van der Waals surface area contributed by atoms with Gasteiger partial charge < -0.3 is 11.1 Å². The smallest absolute Gasteiger partial charge is 0.253 e. The molecule has 1 unspecified atom stereocenters. The number of halogens is 2. The zero-order chi connectivity index (χ0) is 13.0. The molecular weight excluding hydrogens is 279 g/mol. The number of hydrogen-bond acceptors (Lipinski definition) is 2. The van der Waals surface area contributed by atoms with Crippen LogP contribution >= 0.6 is 35.4 Å². The van der Waals surface area contributed by atoms with Crippen LogP contribution in [0, 0.1) is 0 Å². The van der Waals surface area contributed by atoms with Gasteiger partial charge in [0, 0.05) is 17.5 Å². The number of carbonyl (C=O) groups is 1. The van der Waals surface area contributed by atoms with Crippen molar-refractivity contribution in [3.8, 4) is 0 Å². The van der Waals surface area contributed by atoms with Gasteiger partial charge >= 0.3 is 0 Å². The van der Waals surface area contributed by atoms with E-state index in [9.17, 15) is 4.79 Å². The van der Waals surface area contributed by atoms with E-state index >= 15 is 0 Å². The minimum absolute atomic E-state index is 0.143. The van der Waals surface area contributed by atoms with Crippen LogP contribution in [0.5, 0.6) is 0 Å². The number of rotatable bonds is 4. The average molecular weight is 291 g/mol. The van der Waals surface area contributed by atoms with Gasteiger partial charge in [0.15, 0.2) is 0 Å². The summed E-state index contributed by atoms with van der Waals surface area (Å²) in [6.45, 7) is 1.81. The monoisotopic (exact) mass is 290 g/mol. The van der Waals surface area contributed by atoms with E-state index in [4.69, 9.17) is 41.2 Å². The summed E-state index contributed by atoms with van der Waals surface area (Å²) < 4.78 is 0. The summed E-state index contributed by atoms with van der Waals surface area (Å²) >= 11 is 16.5. The molecule has 0 radical (unpaired) electrons. The molecule has 6 heteroatoms. The van der Waals surface area contributed by atoms with Gasteiger partial charge in [0.1, 0.15) is 0 Å². The van der Waals surface area contributed by atoms with Gasteiger partial charge in [-0.3, -0.25) is 4.79 Å². The largest absolute Gasteiger partial charge is 0.393 e. The van der Waals surface area contributed by atoms with Crippen LogP contribution in [0.15, 0.2) is 18.2 Å². The Morgan fingerprint density at radius 3 is 2.76 bits per heavy atom. The molecule has 3 nitrogen and oxygen atoms in total. The minimum atomic E-state index is -0.291. The Balaban J connectivity index is 2.76. The van der Waals surface area contributed by atoms with Crippen LogP contribution in [0.25, 0.3) is 0 Å². The Bertz CT molecular complexity index is 451. The van der Waals surface area contributed by atoms with Crippen molar-refractivity contribution >= 4 is 46.3 Å². The number of nitrogens with two attached hydrogens (primary N) is 1. The molecule has 3 N–H and O–H groups in total. The van der Waals surface area contributed by atoms with Crippen LogP contribution in [0.1, 0.15) is 23.7 Å². The standard InChI is InChI=1S/C11H12Cl2N2OS/c1-6(4-10(14)17)15-11(16)8-5-7(12)2-3-9(8)13/h2-3,5-6H,4H2,1H3,(H2,14,17)(H,15,16). The van der Waals surface area contributed by atoms with Gasteiger partial charge in [0.05, 0.1) is 15.6 Å². The molecule has 1 amide bonds. The summed E-state index contributed by atoms with van der Waals surface area (Å²) in [5.41, 5.74) is 5.74. The van der Waals surface area contributed by atoms with E-state index in [-0.39, 0.29) is 11.9 Å². The molecule has 0 saturated heterocycles. The summed E-state index contributed by atoms with van der Waals surface area (Å²) in [4.78, 5) is 12.2. The van der Waals surface area contributed by atoms with Crippen LogP contribution in [0.2, 0.25) is 10.0 Å². The van der Waals surface area contributed by atoms with Crippen LogP contribution in [0.4, 0.5) is 0 Å². The topological polar surface area (TPSA) is 55.1 Å². The van der Waals surface area contributed by atoms with E-state index < -0.39 is 0 Å². The number of amides is 1. The van der Waals surface area contributed by atoms with E-state index in [1.54, 1.807) is 12.1 Å². The lowest BCUT2D eigenvalue weighted by atomic mass is 10.1. The molecular formula is C11H12Cl2N2OS. The molecule has 0 bridgehead atoms. The SMILES string of the molecule is CC(CC(N)=S)NC(=O)c1cc(Cl)ccc1Cl. The molecule has 1 atom stereocenters. The first-order valence-corrected chi connectivity index (χ1v) is 6.10. The lowest BCUT2D eigenvalue weighted by molar-refractivity contribution is 0.0941. The Morgan fingerprint density at radius 2 is 2.18 bits per heavy atom. The second-order valence-corrected chi connectivity index (χ2v) is 5.04. The highest BCUT2D eigenvalue weighted by Crippen LogP contribution is 2.20. The Morgan fingerprint density at radius 1 is 1.53 bits per heavy atom. The fraction of sp³-hybridized carbons (Fsp3) is 0.273. The lowest BCUT2D eigenvalue weighted by Gasteiger charge is -2.13. The van der Waals surface area contributed by atoms with Crippen molar-refractivity contribution in [1.29, 1.82) is 0 Å². The highest BCUT2D eigenvalue weighted by Gasteiger charge is 2.13. The van der Waals surface area contributed by atoms with Crippen LogP contribution in [-0.2, 0) is 0 Å². The predicted octanol–water partition coefficient (Wildman–Crippen LogP) is 2.79. The van der Waals surface area contributed by atoms with Crippen molar-refractivity contribution in [1.82, 2.24) is 5.32 Å². The number of benzene rings is 1. The number of nitrogens with one attached hydrogen (secondary N) is 1. The van der Waals surface area contributed by atoms with E-state index in [0.717, 1.165) is 0 Å². The molecule has 0 heterocycles. The summed E-state index contributed by atoms with van der Waals surface area (Å²) in [5.74, 6) is -0.291. The fourth-order valence-electron chi connectivity index (χ4n) is 1.33. The molecule has 1 rings (SSSR count). The third kappa shape index (κ3) is 4.50. The van der Waals surface area contributed by atoms with Gasteiger partial charge in [-0.15, -0.1) is 0 Å².